The monoisotopic (exact) mass is 413 g/mol. The van der Waals surface area contributed by atoms with Crippen molar-refractivity contribution in [3.63, 3.8) is 0 Å². The molecule has 0 saturated carbocycles. The van der Waals surface area contributed by atoms with Gasteiger partial charge in [0.2, 0.25) is 15.9 Å². The first-order valence-corrected chi connectivity index (χ1v) is 10.6. The van der Waals surface area contributed by atoms with Gasteiger partial charge in [-0.3, -0.25) is 4.79 Å². The Labute approximate surface area is 165 Å². The minimum absolute atomic E-state index is 0.0122. The largest absolute Gasteiger partial charge is 0.495 e. The van der Waals surface area contributed by atoms with Crippen LogP contribution in [0.15, 0.2) is 23.1 Å². The number of methoxy groups -OCH3 is 1. The molecular formula is C18H27N3O6S. The van der Waals surface area contributed by atoms with Crippen molar-refractivity contribution in [2.45, 2.75) is 31.7 Å². The van der Waals surface area contributed by atoms with Crippen LogP contribution in [-0.4, -0.2) is 76.2 Å². The second-order valence-corrected chi connectivity index (χ2v) is 8.19. The third-order valence-electron chi connectivity index (χ3n) is 4.43. The second-order valence-electron chi connectivity index (χ2n) is 6.51. The molecule has 0 radical (unpaired) electrons. The van der Waals surface area contributed by atoms with Gasteiger partial charge in [0.15, 0.2) is 0 Å². The maximum absolute atomic E-state index is 12.7. The number of ether oxygens (including phenoxy) is 2. The molecular weight excluding hydrogens is 386 g/mol. The highest BCUT2D eigenvalue weighted by Crippen LogP contribution is 2.24. The molecule has 1 aromatic carbocycles. The summed E-state index contributed by atoms with van der Waals surface area (Å²) in [5.41, 5.74) is 0.759. The van der Waals surface area contributed by atoms with Crippen LogP contribution in [0.1, 0.15) is 19.4 Å². The van der Waals surface area contributed by atoms with Crippen LogP contribution in [-0.2, 0) is 19.6 Å². The maximum atomic E-state index is 12.7. The van der Waals surface area contributed by atoms with E-state index in [1.165, 1.54) is 29.9 Å². The van der Waals surface area contributed by atoms with E-state index in [0.717, 1.165) is 5.56 Å². The second kappa shape index (κ2) is 9.24. The Bertz CT molecular complexity index is 819. The molecule has 2 rings (SSSR count). The highest BCUT2D eigenvalue weighted by Gasteiger charge is 2.30. The zero-order chi connectivity index (χ0) is 20.9. The Morgan fingerprint density at radius 2 is 1.79 bits per heavy atom. The number of piperazine rings is 1. The smallest absolute Gasteiger partial charge is 0.409 e. The van der Waals surface area contributed by atoms with Gasteiger partial charge < -0.3 is 19.3 Å². The van der Waals surface area contributed by atoms with Crippen LogP contribution in [0.2, 0.25) is 0 Å². The molecule has 0 unspecified atom stereocenters. The van der Waals surface area contributed by atoms with Crippen LogP contribution in [0.25, 0.3) is 0 Å². The molecule has 1 aliphatic heterocycles. The van der Waals surface area contributed by atoms with E-state index >= 15 is 0 Å². The van der Waals surface area contributed by atoms with Crippen LogP contribution in [0, 0.1) is 6.92 Å². The maximum Gasteiger partial charge on any atom is 0.409 e. The van der Waals surface area contributed by atoms with Crippen LogP contribution >= 0.6 is 0 Å². The standard InChI is InChI=1S/C18H27N3O6S/c1-5-27-18(23)21-10-8-20(9-11-21)17(22)14(3)19-28(24,25)16-12-13(2)6-7-15(16)26-4/h6-7,12,14,19H,5,8-11H2,1-4H3/t14-/m1/s1. The number of benzene rings is 1. The van der Waals surface area contributed by atoms with Gasteiger partial charge >= 0.3 is 6.09 Å². The minimum atomic E-state index is -3.95. The molecule has 0 bridgehead atoms. The Balaban J connectivity index is 2.03. The molecule has 10 heteroatoms. The van der Waals surface area contributed by atoms with Gasteiger partial charge in [0.25, 0.3) is 0 Å². The van der Waals surface area contributed by atoms with Crippen molar-refractivity contribution in [1.29, 1.82) is 0 Å². The number of carbonyl (C=O) groups is 2. The summed E-state index contributed by atoms with van der Waals surface area (Å²) < 4.78 is 38.0. The van der Waals surface area contributed by atoms with Crippen molar-refractivity contribution < 1.29 is 27.5 Å². The van der Waals surface area contributed by atoms with E-state index in [9.17, 15) is 18.0 Å². The fraction of sp³-hybridized carbons (Fsp3) is 0.556. The predicted molar refractivity (Wildman–Crippen MR) is 103 cm³/mol. The number of hydrogen-bond donors (Lipinski definition) is 1. The van der Waals surface area contributed by atoms with Gasteiger partial charge in [-0.2, -0.15) is 4.72 Å². The van der Waals surface area contributed by atoms with E-state index in [-0.39, 0.29) is 16.6 Å². The Hall–Kier alpha value is -2.33. The highest BCUT2D eigenvalue weighted by molar-refractivity contribution is 7.89. The summed E-state index contributed by atoms with van der Waals surface area (Å²) >= 11 is 0. The highest BCUT2D eigenvalue weighted by atomic mass is 32.2. The first-order chi connectivity index (χ1) is 13.2. The number of nitrogens with zero attached hydrogens (tertiary/aromatic N) is 2. The van der Waals surface area contributed by atoms with Crippen molar-refractivity contribution in [3.8, 4) is 5.75 Å². The molecule has 0 aliphatic carbocycles. The summed E-state index contributed by atoms with van der Waals surface area (Å²) in [4.78, 5) is 27.5. The molecule has 0 aromatic heterocycles. The van der Waals surface area contributed by atoms with E-state index in [1.807, 2.05) is 0 Å². The van der Waals surface area contributed by atoms with Crippen molar-refractivity contribution in [2.75, 3.05) is 39.9 Å². The third-order valence-corrected chi connectivity index (χ3v) is 5.99. The molecule has 156 valence electrons. The van der Waals surface area contributed by atoms with Crippen molar-refractivity contribution in [1.82, 2.24) is 14.5 Å². The van der Waals surface area contributed by atoms with Crippen molar-refractivity contribution in [2.24, 2.45) is 0 Å². The molecule has 9 nitrogen and oxygen atoms in total. The Kier molecular flexibility index (Phi) is 7.25. The van der Waals surface area contributed by atoms with Gasteiger partial charge in [-0.05, 0) is 38.5 Å². The average Bonchev–Trinajstić information content (AvgIpc) is 2.67. The van der Waals surface area contributed by atoms with Gasteiger partial charge in [-0.25, -0.2) is 13.2 Å². The molecule has 1 fully saturated rings. The number of hydrogen-bond acceptors (Lipinski definition) is 6. The van der Waals surface area contributed by atoms with Crippen LogP contribution in [0.5, 0.6) is 5.75 Å². The van der Waals surface area contributed by atoms with Gasteiger partial charge in [0, 0.05) is 26.2 Å². The van der Waals surface area contributed by atoms with Crippen LogP contribution < -0.4 is 9.46 Å². The zero-order valence-electron chi connectivity index (χ0n) is 16.6. The van der Waals surface area contributed by atoms with Gasteiger partial charge in [-0.15, -0.1) is 0 Å². The lowest BCUT2D eigenvalue weighted by atomic mass is 10.2. The number of carbonyl (C=O) groups excluding carboxylic acids is 2. The Morgan fingerprint density at radius 3 is 2.36 bits per heavy atom. The molecule has 1 aromatic rings. The van der Waals surface area contributed by atoms with E-state index in [4.69, 9.17) is 9.47 Å². The number of nitrogens with one attached hydrogen (secondary N) is 1. The number of amides is 2. The first kappa shape index (κ1) is 22.0. The van der Waals surface area contributed by atoms with E-state index in [2.05, 4.69) is 4.72 Å². The van der Waals surface area contributed by atoms with E-state index < -0.39 is 22.2 Å². The summed E-state index contributed by atoms with van der Waals surface area (Å²) in [6, 6.07) is 3.86. The summed E-state index contributed by atoms with van der Waals surface area (Å²) in [6.07, 6.45) is -0.408. The minimum Gasteiger partial charge on any atom is -0.495 e. The normalized spacial score (nSPS) is 15.9. The van der Waals surface area contributed by atoms with Crippen molar-refractivity contribution >= 4 is 22.0 Å². The lowest BCUT2D eigenvalue weighted by molar-refractivity contribution is -0.134. The third kappa shape index (κ3) is 5.14. The molecule has 28 heavy (non-hydrogen) atoms. The molecule has 1 N–H and O–H groups in total. The fourth-order valence-corrected chi connectivity index (χ4v) is 4.39. The van der Waals surface area contributed by atoms with Crippen LogP contribution in [0.3, 0.4) is 0 Å². The molecule has 0 spiro atoms. The van der Waals surface area contributed by atoms with Gasteiger partial charge in [0.05, 0.1) is 19.8 Å². The fourth-order valence-electron chi connectivity index (χ4n) is 2.94. The number of rotatable bonds is 6. The summed E-state index contributed by atoms with van der Waals surface area (Å²) in [7, 11) is -2.56. The van der Waals surface area contributed by atoms with E-state index in [0.29, 0.717) is 32.8 Å². The summed E-state index contributed by atoms with van der Waals surface area (Å²) in [5, 5.41) is 0. The van der Waals surface area contributed by atoms with Gasteiger partial charge in [-0.1, -0.05) is 6.07 Å². The average molecular weight is 413 g/mol. The molecule has 1 heterocycles. The summed E-state index contributed by atoms with van der Waals surface area (Å²) in [6.45, 7) is 6.62. The SMILES string of the molecule is CCOC(=O)N1CCN(C(=O)[C@@H](C)NS(=O)(=O)c2cc(C)ccc2OC)CC1. The molecule has 1 saturated heterocycles. The first-order valence-electron chi connectivity index (χ1n) is 9.07. The molecule has 1 aliphatic rings. The van der Waals surface area contributed by atoms with Crippen LogP contribution in [0.4, 0.5) is 4.79 Å². The lowest BCUT2D eigenvalue weighted by Gasteiger charge is -2.35. The topological polar surface area (TPSA) is 105 Å². The summed E-state index contributed by atoms with van der Waals surface area (Å²) in [5.74, 6) is -0.139. The zero-order valence-corrected chi connectivity index (χ0v) is 17.4. The predicted octanol–water partition coefficient (Wildman–Crippen LogP) is 0.971. The van der Waals surface area contributed by atoms with Gasteiger partial charge in [0.1, 0.15) is 10.6 Å². The van der Waals surface area contributed by atoms with Crippen molar-refractivity contribution in [3.05, 3.63) is 23.8 Å². The number of aryl methyl sites for hydroxylation is 1. The molecule has 1 atom stereocenters. The quantitative estimate of drug-likeness (QED) is 0.745. The Morgan fingerprint density at radius 1 is 1.18 bits per heavy atom. The molecule has 2 amide bonds. The van der Waals surface area contributed by atoms with E-state index in [1.54, 1.807) is 26.0 Å². The number of sulfonamides is 1. The lowest BCUT2D eigenvalue weighted by Crippen LogP contribution is -2.55.